The van der Waals surface area contributed by atoms with E-state index in [0.717, 1.165) is 13.1 Å². The van der Waals surface area contributed by atoms with Crippen molar-refractivity contribution >= 4 is 11.6 Å². The minimum atomic E-state index is -0.0409. The molecule has 3 rings (SSSR count). The van der Waals surface area contributed by atoms with Crippen LogP contribution < -0.4 is 5.32 Å². The van der Waals surface area contributed by atoms with Gasteiger partial charge in [-0.2, -0.15) is 0 Å². The summed E-state index contributed by atoms with van der Waals surface area (Å²) in [7, 11) is 0. The first-order chi connectivity index (χ1) is 8.77. The number of aromatic nitrogens is 3. The van der Waals surface area contributed by atoms with E-state index in [1.165, 1.54) is 0 Å². The lowest BCUT2D eigenvalue weighted by atomic mass is 10.2. The minimum absolute atomic E-state index is 0.0409. The van der Waals surface area contributed by atoms with E-state index in [0.29, 0.717) is 17.9 Å². The number of carbonyl (C=O) groups is 1. The first-order valence-electron chi connectivity index (χ1n) is 6.07. The van der Waals surface area contributed by atoms with Gasteiger partial charge in [0.15, 0.2) is 11.3 Å². The molecule has 0 unspecified atom stereocenters. The second-order valence-electron chi connectivity index (χ2n) is 4.49. The zero-order valence-electron chi connectivity index (χ0n) is 10.2. The highest BCUT2D eigenvalue weighted by Crippen LogP contribution is 2.12. The van der Waals surface area contributed by atoms with Crippen LogP contribution in [0.3, 0.4) is 0 Å². The molecule has 1 saturated heterocycles. The van der Waals surface area contributed by atoms with Crippen molar-refractivity contribution in [2.75, 3.05) is 19.6 Å². The number of nitrogens with one attached hydrogen (secondary N) is 1. The Hall–Kier alpha value is -1.95. The number of fused-ring (bicyclic) bond motifs is 1. The van der Waals surface area contributed by atoms with E-state index in [1.807, 2.05) is 22.4 Å². The molecule has 94 valence electrons. The molecule has 1 fully saturated rings. The fourth-order valence-corrected chi connectivity index (χ4v) is 2.28. The topological polar surface area (TPSA) is 62.5 Å². The van der Waals surface area contributed by atoms with E-state index in [2.05, 4.69) is 15.3 Å². The zero-order chi connectivity index (χ0) is 12.5. The Morgan fingerprint density at radius 1 is 1.39 bits per heavy atom. The fraction of sp³-hybridized carbons (Fsp3) is 0.417. The number of rotatable bonds is 1. The maximum atomic E-state index is 12.5. The summed E-state index contributed by atoms with van der Waals surface area (Å²) >= 11 is 0. The van der Waals surface area contributed by atoms with Gasteiger partial charge in [-0.25, -0.2) is 9.97 Å². The van der Waals surface area contributed by atoms with E-state index >= 15 is 0 Å². The number of carbonyl (C=O) groups excluding carboxylic acids is 1. The molecule has 1 amide bonds. The van der Waals surface area contributed by atoms with Gasteiger partial charge in [-0.05, 0) is 6.92 Å². The van der Waals surface area contributed by atoms with Crippen molar-refractivity contribution in [1.82, 2.24) is 24.6 Å². The second-order valence-corrected chi connectivity index (χ2v) is 4.49. The summed E-state index contributed by atoms with van der Waals surface area (Å²) in [6, 6.07) is 0.184. The highest BCUT2D eigenvalue weighted by molar-refractivity contribution is 5.98. The smallest absolute Gasteiger partial charge is 0.276 e. The van der Waals surface area contributed by atoms with Crippen molar-refractivity contribution in [1.29, 1.82) is 0 Å². The van der Waals surface area contributed by atoms with Crippen LogP contribution in [0.1, 0.15) is 17.4 Å². The Morgan fingerprint density at radius 3 is 2.94 bits per heavy atom. The largest absolute Gasteiger partial charge is 0.332 e. The van der Waals surface area contributed by atoms with E-state index in [4.69, 9.17) is 0 Å². The molecule has 0 spiro atoms. The fourth-order valence-electron chi connectivity index (χ4n) is 2.28. The maximum Gasteiger partial charge on any atom is 0.276 e. The first kappa shape index (κ1) is 11.2. The third-order valence-corrected chi connectivity index (χ3v) is 3.28. The van der Waals surface area contributed by atoms with Gasteiger partial charge in [0.2, 0.25) is 0 Å². The molecule has 6 heteroatoms. The van der Waals surface area contributed by atoms with Crippen LogP contribution in [0.5, 0.6) is 0 Å². The Kier molecular flexibility index (Phi) is 2.71. The molecule has 1 atom stereocenters. The van der Waals surface area contributed by atoms with Gasteiger partial charge in [-0.15, -0.1) is 0 Å². The van der Waals surface area contributed by atoms with Crippen LogP contribution in [-0.2, 0) is 0 Å². The monoisotopic (exact) mass is 245 g/mol. The third-order valence-electron chi connectivity index (χ3n) is 3.28. The summed E-state index contributed by atoms with van der Waals surface area (Å²) < 4.78 is 1.81. The minimum Gasteiger partial charge on any atom is -0.332 e. The lowest BCUT2D eigenvalue weighted by Crippen LogP contribution is -2.52. The number of hydrogen-bond donors (Lipinski definition) is 1. The molecule has 3 heterocycles. The van der Waals surface area contributed by atoms with Crippen LogP contribution in [0.2, 0.25) is 0 Å². The van der Waals surface area contributed by atoms with Crippen molar-refractivity contribution in [3.05, 3.63) is 30.5 Å². The van der Waals surface area contributed by atoms with E-state index in [9.17, 15) is 4.79 Å². The number of nitrogens with zero attached hydrogens (tertiary/aromatic N) is 4. The maximum absolute atomic E-state index is 12.5. The van der Waals surface area contributed by atoms with E-state index in [-0.39, 0.29) is 11.9 Å². The number of amides is 1. The van der Waals surface area contributed by atoms with E-state index in [1.54, 1.807) is 18.6 Å². The van der Waals surface area contributed by atoms with Crippen LogP contribution in [0.15, 0.2) is 24.8 Å². The molecular formula is C12H15N5O. The summed E-state index contributed by atoms with van der Waals surface area (Å²) in [6.07, 6.45) is 6.92. The Bertz CT molecular complexity index is 579. The molecule has 0 aliphatic carbocycles. The predicted octanol–water partition coefficient (Wildman–Crippen LogP) is 0.163. The SMILES string of the molecule is C[C@H]1CNCCN1C(=O)c1nccn2ccnc12. The summed E-state index contributed by atoms with van der Waals surface area (Å²) in [5, 5.41) is 3.27. The van der Waals surface area contributed by atoms with Crippen LogP contribution in [0.4, 0.5) is 0 Å². The molecule has 0 radical (unpaired) electrons. The molecule has 18 heavy (non-hydrogen) atoms. The second kappa shape index (κ2) is 4.38. The summed E-state index contributed by atoms with van der Waals surface area (Å²) in [5.41, 5.74) is 1.05. The molecule has 6 nitrogen and oxygen atoms in total. The third kappa shape index (κ3) is 1.74. The predicted molar refractivity (Wildman–Crippen MR) is 66.4 cm³/mol. The molecule has 0 bridgehead atoms. The normalized spacial score (nSPS) is 20.3. The summed E-state index contributed by atoms with van der Waals surface area (Å²) in [5.74, 6) is -0.0409. The highest BCUT2D eigenvalue weighted by Gasteiger charge is 2.26. The van der Waals surface area contributed by atoms with Crippen LogP contribution in [0, 0.1) is 0 Å². The standard InChI is InChI=1S/C12H15N5O/c1-9-8-13-2-7-17(9)12(18)10-11-15-4-6-16(11)5-3-14-10/h3-6,9,13H,2,7-8H2,1H3/t9-/m0/s1. The lowest BCUT2D eigenvalue weighted by Gasteiger charge is -2.33. The molecule has 1 aliphatic heterocycles. The molecule has 2 aromatic rings. The van der Waals surface area contributed by atoms with Gasteiger partial charge in [-0.1, -0.05) is 0 Å². The lowest BCUT2D eigenvalue weighted by molar-refractivity contribution is 0.0651. The molecule has 1 N–H and O–H groups in total. The number of imidazole rings is 1. The Labute approximate surface area is 105 Å². The van der Waals surface area contributed by atoms with Crippen molar-refractivity contribution in [2.24, 2.45) is 0 Å². The van der Waals surface area contributed by atoms with Crippen LogP contribution >= 0.6 is 0 Å². The zero-order valence-corrected chi connectivity index (χ0v) is 10.2. The highest BCUT2D eigenvalue weighted by atomic mass is 16.2. The van der Waals surface area contributed by atoms with Gasteiger partial charge in [0, 0.05) is 50.5 Å². The van der Waals surface area contributed by atoms with Crippen molar-refractivity contribution in [3.63, 3.8) is 0 Å². The molecule has 1 aliphatic rings. The van der Waals surface area contributed by atoms with Gasteiger partial charge in [0.05, 0.1) is 0 Å². The van der Waals surface area contributed by atoms with Gasteiger partial charge >= 0.3 is 0 Å². The average Bonchev–Trinajstić information content (AvgIpc) is 2.86. The Balaban J connectivity index is 1.98. The van der Waals surface area contributed by atoms with Gasteiger partial charge in [0.1, 0.15) is 0 Å². The van der Waals surface area contributed by atoms with Crippen molar-refractivity contribution in [2.45, 2.75) is 13.0 Å². The average molecular weight is 245 g/mol. The summed E-state index contributed by atoms with van der Waals surface area (Å²) in [6.45, 7) is 4.40. The number of hydrogen-bond acceptors (Lipinski definition) is 4. The van der Waals surface area contributed by atoms with Gasteiger partial charge in [0.25, 0.3) is 5.91 Å². The number of piperazine rings is 1. The summed E-state index contributed by atoms with van der Waals surface area (Å²) in [4.78, 5) is 22.7. The quantitative estimate of drug-likeness (QED) is 0.777. The molecule has 0 aromatic carbocycles. The van der Waals surface area contributed by atoms with Crippen LogP contribution in [0.25, 0.3) is 5.65 Å². The van der Waals surface area contributed by atoms with Gasteiger partial charge in [-0.3, -0.25) is 4.79 Å². The van der Waals surface area contributed by atoms with Crippen molar-refractivity contribution in [3.8, 4) is 0 Å². The van der Waals surface area contributed by atoms with Crippen LogP contribution in [-0.4, -0.2) is 50.9 Å². The molecule has 2 aromatic heterocycles. The van der Waals surface area contributed by atoms with E-state index < -0.39 is 0 Å². The Morgan fingerprint density at radius 2 is 2.17 bits per heavy atom. The van der Waals surface area contributed by atoms with Gasteiger partial charge < -0.3 is 14.6 Å². The van der Waals surface area contributed by atoms with Crippen molar-refractivity contribution < 1.29 is 4.79 Å². The molecule has 0 saturated carbocycles. The molecular weight excluding hydrogens is 230 g/mol. The first-order valence-corrected chi connectivity index (χ1v) is 6.07.